The van der Waals surface area contributed by atoms with Gasteiger partial charge in [0.05, 0.1) is 13.2 Å². The Bertz CT molecular complexity index is 1610. The van der Waals surface area contributed by atoms with Crippen LogP contribution in [0.15, 0.2) is 43.7 Å². The van der Waals surface area contributed by atoms with E-state index in [1.54, 1.807) is 0 Å². The molecular formula is C25H39N4O13PSi. The monoisotopic (exact) mass is 662 g/mol. The fraction of sp³-hybridized carbons (Fsp3) is 0.680. The Kier molecular flexibility index (Phi) is 9.92. The molecule has 2 saturated heterocycles. The SMILES string of the molecule is CC(C)(C)[Si](C)(C)O[C@@H]1[C@H](OP(C)(=O)OC[C@H]2O[C@@H](n3ccc(=O)[nH]c3=O)[C@H](O)[C@@H]2O)[C@@H](CO)O[C@H]1n1ccc(=O)[nH]c1=O. The van der Waals surface area contributed by atoms with Crippen molar-refractivity contribution in [3.8, 4) is 0 Å². The molecule has 246 valence electrons. The van der Waals surface area contributed by atoms with E-state index in [-0.39, 0.29) is 5.04 Å². The summed E-state index contributed by atoms with van der Waals surface area (Å²) in [4.78, 5) is 52.2. The molecule has 2 fully saturated rings. The van der Waals surface area contributed by atoms with Crippen molar-refractivity contribution >= 4 is 15.9 Å². The molecular weight excluding hydrogens is 623 g/mol. The minimum absolute atomic E-state index is 0.317. The lowest BCUT2D eigenvalue weighted by molar-refractivity contribution is -0.0574. The van der Waals surface area contributed by atoms with E-state index in [2.05, 4.69) is 4.98 Å². The molecule has 2 aromatic rings. The van der Waals surface area contributed by atoms with Crippen molar-refractivity contribution in [3.05, 3.63) is 66.2 Å². The van der Waals surface area contributed by atoms with Gasteiger partial charge in [-0.05, 0) is 18.1 Å². The number of hydrogen-bond donors (Lipinski definition) is 5. The second-order valence-electron chi connectivity index (χ2n) is 12.3. The minimum Gasteiger partial charge on any atom is -0.407 e. The summed E-state index contributed by atoms with van der Waals surface area (Å²) in [6, 6.07) is 2.17. The first-order chi connectivity index (χ1) is 20.3. The number of aromatic amines is 2. The number of aliphatic hydroxyl groups is 3. The van der Waals surface area contributed by atoms with Gasteiger partial charge < -0.3 is 33.7 Å². The molecule has 4 rings (SSSR count). The smallest absolute Gasteiger partial charge is 0.330 e. The number of rotatable bonds is 10. The maximum Gasteiger partial charge on any atom is 0.330 e. The van der Waals surface area contributed by atoms with Crippen molar-refractivity contribution in [2.24, 2.45) is 0 Å². The van der Waals surface area contributed by atoms with E-state index in [0.29, 0.717) is 0 Å². The zero-order valence-electron chi connectivity index (χ0n) is 25.1. The molecule has 2 aromatic heterocycles. The summed E-state index contributed by atoms with van der Waals surface area (Å²) in [6.07, 6.45) is -8.08. The molecule has 44 heavy (non-hydrogen) atoms. The molecule has 0 amide bonds. The second-order valence-corrected chi connectivity index (χ2v) is 19.1. The highest BCUT2D eigenvalue weighted by atomic mass is 31.2. The quantitative estimate of drug-likeness (QED) is 0.155. The first-order valence-corrected chi connectivity index (χ1v) is 18.7. The summed E-state index contributed by atoms with van der Waals surface area (Å²) in [5.74, 6) is 0. The number of ether oxygens (including phenoxy) is 2. The highest BCUT2D eigenvalue weighted by Gasteiger charge is 2.53. The van der Waals surface area contributed by atoms with Crippen LogP contribution >= 0.6 is 7.60 Å². The van der Waals surface area contributed by atoms with Crippen molar-refractivity contribution in [1.29, 1.82) is 0 Å². The van der Waals surface area contributed by atoms with Gasteiger partial charge in [0.15, 0.2) is 20.8 Å². The van der Waals surface area contributed by atoms with Crippen LogP contribution in [0.5, 0.6) is 0 Å². The fourth-order valence-corrected chi connectivity index (χ4v) is 7.12. The molecule has 4 heterocycles. The van der Waals surface area contributed by atoms with E-state index in [1.807, 2.05) is 38.8 Å². The van der Waals surface area contributed by atoms with Crippen LogP contribution in [0, 0.1) is 0 Å². The van der Waals surface area contributed by atoms with Crippen LogP contribution in [0.3, 0.4) is 0 Å². The van der Waals surface area contributed by atoms with E-state index >= 15 is 0 Å². The lowest BCUT2D eigenvalue weighted by Crippen LogP contribution is -2.50. The molecule has 0 radical (unpaired) electrons. The molecule has 2 aliphatic heterocycles. The highest BCUT2D eigenvalue weighted by Crippen LogP contribution is 2.51. The van der Waals surface area contributed by atoms with Crippen molar-refractivity contribution in [1.82, 2.24) is 19.1 Å². The van der Waals surface area contributed by atoms with Crippen molar-refractivity contribution in [2.75, 3.05) is 19.9 Å². The zero-order valence-corrected chi connectivity index (χ0v) is 27.0. The van der Waals surface area contributed by atoms with E-state index in [4.69, 9.17) is 22.9 Å². The summed E-state index contributed by atoms with van der Waals surface area (Å²) in [5, 5.41) is 30.9. The Balaban J connectivity index is 1.56. The Morgan fingerprint density at radius 3 is 1.93 bits per heavy atom. The maximum absolute atomic E-state index is 13.6. The van der Waals surface area contributed by atoms with Crippen molar-refractivity contribution in [2.45, 2.75) is 88.0 Å². The third-order valence-corrected chi connectivity index (χ3v) is 13.8. The van der Waals surface area contributed by atoms with E-state index < -0.39 is 101 Å². The average Bonchev–Trinajstić information content (AvgIpc) is 3.37. The molecule has 0 aromatic carbocycles. The molecule has 0 saturated carbocycles. The number of H-pyrrole nitrogens is 2. The second kappa shape index (κ2) is 12.7. The molecule has 1 unspecified atom stereocenters. The summed E-state index contributed by atoms with van der Waals surface area (Å²) in [5.41, 5.74) is -2.95. The Morgan fingerprint density at radius 2 is 1.43 bits per heavy atom. The van der Waals surface area contributed by atoms with Crippen LogP contribution in [0.25, 0.3) is 0 Å². The molecule has 19 heteroatoms. The lowest BCUT2D eigenvalue weighted by atomic mass is 10.1. The van der Waals surface area contributed by atoms with Gasteiger partial charge >= 0.3 is 19.0 Å². The third-order valence-electron chi connectivity index (χ3n) is 8.08. The average molecular weight is 663 g/mol. The van der Waals surface area contributed by atoms with Gasteiger partial charge in [-0.15, -0.1) is 0 Å². The van der Waals surface area contributed by atoms with Gasteiger partial charge in [-0.1, -0.05) is 20.8 Å². The van der Waals surface area contributed by atoms with E-state index in [1.165, 1.54) is 6.20 Å². The van der Waals surface area contributed by atoms with Gasteiger partial charge in [-0.25, -0.2) is 9.59 Å². The van der Waals surface area contributed by atoms with Crippen LogP contribution < -0.4 is 22.5 Å². The summed E-state index contributed by atoms with van der Waals surface area (Å²) in [7, 11) is -6.70. The number of nitrogens with one attached hydrogen (secondary N) is 2. The molecule has 17 nitrogen and oxygen atoms in total. The topological polar surface area (TPSA) is 234 Å². The number of nitrogens with zero attached hydrogens (tertiary/aromatic N) is 2. The van der Waals surface area contributed by atoms with Crippen LogP contribution in [0.1, 0.15) is 33.2 Å². The van der Waals surface area contributed by atoms with Gasteiger partial charge in [0.25, 0.3) is 11.1 Å². The largest absolute Gasteiger partial charge is 0.407 e. The van der Waals surface area contributed by atoms with Gasteiger partial charge in [0, 0.05) is 31.2 Å². The van der Waals surface area contributed by atoms with E-state index in [9.17, 15) is 39.1 Å². The normalized spacial score (nSPS) is 30.8. The summed E-state index contributed by atoms with van der Waals surface area (Å²) < 4.78 is 45.3. The summed E-state index contributed by atoms with van der Waals surface area (Å²) >= 11 is 0. The molecule has 9 atom stereocenters. The molecule has 0 aliphatic carbocycles. The van der Waals surface area contributed by atoms with Gasteiger partial charge in [-0.2, -0.15) is 0 Å². The van der Waals surface area contributed by atoms with E-state index in [0.717, 1.165) is 34.1 Å². The molecule has 5 N–H and O–H groups in total. The fourth-order valence-electron chi connectivity index (χ4n) is 4.66. The molecule has 0 bridgehead atoms. The van der Waals surface area contributed by atoms with Crippen LogP contribution in [0.2, 0.25) is 18.1 Å². The standard InChI is InChI=1S/C25H39N4O13PSi/c1-25(2,3)44(5,6)42-20-19(13(11-30)39-22(20)29-10-8-16(32)27-24(29)36)41-43(4,37)38-12-14-17(33)18(34)21(40-14)28-9-7-15(31)26-23(28)35/h7-10,13-14,17-22,30,33-34H,11-12H2,1-6H3,(H,26,31,35)(H,27,32,36)/t13-,14-,17-,18-,19-,20-,21-,22-,43?/m1/s1. The number of hydrogen-bond acceptors (Lipinski definition) is 13. The predicted molar refractivity (Wildman–Crippen MR) is 156 cm³/mol. The van der Waals surface area contributed by atoms with Crippen LogP contribution in [0.4, 0.5) is 0 Å². The summed E-state index contributed by atoms with van der Waals surface area (Å²) in [6.45, 7) is 9.83. The Morgan fingerprint density at radius 1 is 0.909 bits per heavy atom. The van der Waals surface area contributed by atoms with Crippen LogP contribution in [-0.2, 0) is 27.5 Å². The van der Waals surface area contributed by atoms with Crippen molar-refractivity contribution in [3.63, 3.8) is 0 Å². The van der Waals surface area contributed by atoms with Gasteiger partial charge in [-0.3, -0.25) is 37.8 Å². The third kappa shape index (κ3) is 7.14. The Hall–Kier alpha value is -2.51. The molecule has 0 spiro atoms. The maximum atomic E-state index is 13.6. The lowest BCUT2D eigenvalue weighted by Gasteiger charge is -2.40. The first-order valence-electron chi connectivity index (χ1n) is 13.8. The van der Waals surface area contributed by atoms with Gasteiger partial charge in [0.2, 0.25) is 0 Å². The van der Waals surface area contributed by atoms with Crippen molar-refractivity contribution < 1.29 is 42.8 Å². The van der Waals surface area contributed by atoms with Gasteiger partial charge in [0.1, 0.15) is 36.6 Å². The zero-order chi connectivity index (χ0) is 32.8. The number of aliphatic hydroxyl groups excluding tert-OH is 3. The minimum atomic E-state index is -4.07. The molecule has 2 aliphatic rings. The highest BCUT2D eigenvalue weighted by molar-refractivity contribution is 7.53. The first kappa shape index (κ1) is 34.4. The number of aromatic nitrogens is 4. The predicted octanol–water partition coefficient (Wildman–Crippen LogP) is -0.789. The van der Waals surface area contributed by atoms with Crippen LogP contribution in [-0.4, -0.2) is 99.2 Å². The Labute approximate surface area is 252 Å².